The molecule has 0 spiro atoms. The zero-order chi connectivity index (χ0) is 10.2. The zero-order valence-corrected chi connectivity index (χ0v) is 9.96. The Labute approximate surface area is 94.3 Å². The van der Waals surface area contributed by atoms with Gasteiger partial charge in [0, 0.05) is 6.42 Å². The average Bonchev–Trinajstić information content (AvgIpc) is 2.18. The van der Waals surface area contributed by atoms with Gasteiger partial charge in [-0.15, -0.1) is 0 Å². The van der Waals surface area contributed by atoms with Crippen LogP contribution in [0.5, 0.6) is 0 Å². The molecule has 78 valence electrons. The summed E-state index contributed by atoms with van der Waals surface area (Å²) in [5, 5.41) is 9.62. The largest absolute Gasteiger partial charge is 0.511 e. The summed E-state index contributed by atoms with van der Waals surface area (Å²) in [6.07, 6.45) is 14.8. The molecule has 1 N–H and O–H groups in total. The highest BCUT2D eigenvalue weighted by molar-refractivity contribution is 9.11. The maximum atomic E-state index is 9.62. The second kappa shape index (κ2) is 6.88. The predicted octanol–water partition coefficient (Wildman–Crippen LogP) is 4.62. The van der Waals surface area contributed by atoms with Crippen LogP contribution in [0.25, 0.3) is 0 Å². The monoisotopic (exact) mass is 256 g/mol. The minimum absolute atomic E-state index is 0.468. The smallest absolute Gasteiger partial charge is 0.106 e. The van der Waals surface area contributed by atoms with Crippen molar-refractivity contribution in [3.05, 3.63) is 34.5 Å². The molecule has 14 heavy (non-hydrogen) atoms. The van der Waals surface area contributed by atoms with E-state index in [4.69, 9.17) is 0 Å². The van der Waals surface area contributed by atoms with Crippen molar-refractivity contribution in [1.82, 2.24) is 0 Å². The van der Waals surface area contributed by atoms with E-state index in [0.717, 1.165) is 23.7 Å². The van der Waals surface area contributed by atoms with E-state index in [1.54, 1.807) is 0 Å². The molecule has 1 rings (SSSR count). The first-order valence-electron chi connectivity index (χ1n) is 5.21. The molecule has 0 radical (unpaired) electrons. The number of hydrogen-bond acceptors (Lipinski definition) is 1. The van der Waals surface area contributed by atoms with Crippen LogP contribution in [0.3, 0.4) is 0 Å². The van der Waals surface area contributed by atoms with E-state index in [2.05, 4.69) is 22.0 Å². The first-order valence-corrected chi connectivity index (χ1v) is 6.01. The highest BCUT2D eigenvalue weighted by Crippen LogP contribution is 2.18. The third-order valence-electron chi connectivity index (χ3n) is 2.30. The standard InChI is InChI=1S/C12H17BrO/c13-11-9-7-5-3-1-2-4-6-8-10-12(11)14/h3,5,7,9,14H,1-2,4,6,8,10H2/b5-3-,9-7-,12-11-. The van der Waals surface area contributed by atoms with Gasteiger partial charge in [-0.25, -0.2) is 0 Å². The van der Waals surface area contributed by atoms with Crippen LogP contribution in [0.15, 0.2) is 34.5 Å². The molecule has 0 atom stereocenters. The Kier molecular flexibility index (Phi) is 5.69. The highest BCUT2D eigenvalue weighted by Gasteiger charge is 1.99. The van der Waals surface area contributed by atoms with Gasteiger partial charge in [0.25, 0.3) is 0 Å². The quantitative estimate of drug-likeness (QED) is 0.671. The van der Waals surface area contributed by atoms with Crippen molar-refractivity contribution in [1.29, 1.82) is 0 Å². The molecule has 0 amide bonds. The van der Waals surface area contributed by atoms with Crippen LogP contribution in [0.1, 0.15) is 38.5 Å². The third-order valence-corrected chi connectivity index (χ3v) is 3.02. The van der Waals surface area contributed by atoms with Crippen LogP contribution >= 0.6 is 15.9 Å². The number of halogens is 1. The Bertz CT molecular complexity index is 251. The van der Waals surface area contributed by atoms with E-state index in [1.807, 2.05) is 18.2 Å². The van der Waals surface area contributed by atoms with Gasteiger partial charge in [-0.1, -0.05) is 31.1 Å². The first-order chi connectivity index (χ1) is 6.80. The molecule has 0 aromatic heterocycles. The van der Waals surface area contributed by atoms with Gasteiger partial charge in [0.05, 0.1) is 4.48 Å². The van der Waals surface area contributed by atoms with Crippen molar-refractivity contribution in [2.24, 2.45) is 0 Å². The van der Waals surface area contributed by atoms with E-state index in [-0.39, 0.29) is 0 Å². The van der Waals surface area contributed by atoms with Gasteiger partial charge in [0.1, 0.15) is 5.76 Å². The first kappa shape index (κ1) is 11.6. The molecule has 2 heteroatoms. The summed E-state index contributed by atoms with van der Waals surface area (Å²) in [7, 11) is 0. The van der Waals surface area contributed by atoms with Crippen LogP contribution < -0.4 is 0 Å². The highest BCUT2D eigenvalue weighted by atomic mass is 79.9. The van der Waals surface area contributed by atoms with Crippen LogP contribution in [0, 0.1) is 0 Å². The van der Waals surface area contributed by atoms with Gasteiger partial charge in [-0.05, 0) is 41.3 Å². The molecule has 0 fully saturated rings. The Balaban J connectivity index is 2.61. The molecule has 1 nitrogen and oxygen atoms in total. The van der Waals surface area contributed by atoms with Crippen molar-refractivity contribution in [3.63, 3.8) is 0 Å². The van der Waals surface area contributed by atoms with Gasteiger partial charge in [-0.2, -0.15) is 0 Å². The topological polar surface area (TPSA) is 20.2 Å². The summed E-state index contributed by atoms with van der Waals surface area (Å²) in [4.78, 5) is 0. The number of aliphatic hydroxyl groups excluding tert-OH is 1. The molecule has 0 saturated heterocycles. The van der Waals surface area contributed by atoms with E-state index in [0.29, 0.717) is 5.76 Å². The Hall–Kier alpha value is -0.500. The molecule has 1 aliphatic rings. The third kappa shape index (κ3) is 4.66. The van der Waals surface area contributed by atoms with E-state index in [9.17, 15) is 5.11 Å². The fourth-order valence-corrected chi connectivity index (χ4v) is 1.79. The summed E-state index contributed by atoms with van der Waals surface area (Å²) in [5.41, 5.74) is 0. The molecular formula is C12H17BrO. The van der Waals surface area contributed by atoms with Crippen molar-refractivity contribution in [2.45, 2.75) is 38.5 Å². The summed E-state index contributed by atoms with van der Waals surface area (Å²) >= 11 is 3.35. The zero-order valence-electron chi connectivity index (χ0n) is 8.38. The van der Waals surface area contributed by atoms with Crippen LogP contribution in [0.2, 0.25) is 0 Å². The molecule has 0 aromatic carbocycles. The van der Waals surface area contributed by atoms with Crippen molar-refractivity contribution in [3.8, 4) is 0 Å². The molecule has 0 unspecified atom stereocenters. The minimum Gasteiger partial charge on any atom is -0.511 e. The van der Waals surface area contributed by atoms with Gasteiger partial charge in [0.15, 0.2) is 0 Å². The van der Waals surface area contributed by atoms with Gasteiger partial charge >= 0.3 is 0 Å². The van der Waals surface area contributed by atoms with Crippen LogP contribution in [0.4, 0.5) is 0 Å². The van der Waals surface area contributed by atoms with Gasteiger partial charge in [-0.3, -0.25) is 0 Å². The molecule has 0 bridgehead atoms. The van der Waals surface area contributed by atoms with Gasteiger partial charge < -0.3 is 5.11 Å². The molecular weight excluding hydrogens is 240 g/mol. The lowest BCUT2D eigenvalue weighted by molar-refractivity contribution is 0.379. The number of hydrogen-bond donors (Lipinski definition) is 1. The maximum Gasteiger partial charge on any atom is 0.106 e. The summed E-state index contributed by atoms with van der Waals surface area (Å²) in [6, 6.07) is 0. The van der Waals surface area contributed by atoms with Crippen molar-refractivity contribution < 1.29 is 5.11 Å². The number of allylic oxidation sites excluding steroid dienone is 6. The molecule has 1 aliphatic carbocycles. The van der Waals surface area contributed by atoms with E-state index in [1.165, 1.54) is 19.3 Å². The minimum atomic E-state index is 0.468. The normalized spacial score (nSPS) is 30.1. The van der Waals surface area contributed by atoms with Crippen LogP contribution in [-0.4, -0.2) is 5.11 Å². The van der Waals surface area contributed by atoms with E-state index >= 15 is 0 Å². The lowest BCUT2D eigenvalue weighted by Crippen LogP contribution is -1.86. The van der Waals surface area contributed by atoms with E-state index < -0.39 is 0 Å². The Morgan fingerprint density at radius 3 is 2.71 bits per heavy atom. The second-order valence-electron chi connectivity index (χ2n) is 3.53. The Morgan fingerprint density at radius 1 is 1.07 bits per heavy atom. The molecule has 0 heterocycles. The molecule has 0 aromatic rings. The average molecular weight is 257 g/mol. The number of aliphatic hydroxyl groups is 1. The SMILES string of the molecule is O/C1=C(Br)/C=C\C=C/CCCCCC1. The number of rotatable bonds is 0. The second-order valence-corrected chi connectivity index (χ2v) is 4.39. The fourth-order valence-electron chi connectivity index (χ4n) is 1.44. The maximum absolute atomic E-state index is 9.62. The Morgan fingerprint density at radius 2 is 1.86 bits per heavy atom. The summed E-state index contributed by atoms with van der Waals surface area (Å²) in [6.45, 7) is 0. The lowest BCUT2D eigenvalue weighted by atomic mass is 10.1. The fraction of sp³-hybridized carbons (Fsp3) is 0.500. The van der Waals surface area contributed by atoms with Gasteiger partial charge in [0.2, 0.25) is 0 Å². The predicted molar refractivity (Wildman–Crippen MR) is 64.6 cm³/mol. The van der Waals surface area contributed by atoms with Crippen LogP contribution in [-0.2, 0) is 0 Å². The summed E-state index contributed by atoms with van der Waals surface area (Å²) < 4.78 is 0.808. The molecule has 0 aliphatic heterocycles. The molecule has 0 saturated carbocycles. The summed E-state index contributed by atoms with van der Waals surface area (Å²) in [5.74, 6) is 0.468. The van der Waals surface area contributed by atoms with Crippen molar-refractivity contribution in [2.75, 3.05) is 0 Å². The lowest BCUT2D eigenvalue weighted by Gasteiger charge is -2.02. The van der Waals surface area contributed by atoms with Crippen molar-refractivity contribution >= 4 is 15.9 Å².